The van der Waals surface area contributed by atoms with Crippen LogP contribution in [0.25, 0.3) is 115 Å². The standard InChI is InChI=1S/C78H50BN5OS/c1-78(2,3)51-41-60(49-20-9-6-10-21-49)76(63(42-51)59-26-17-25-58-57-24-13-16-29-72(57)85-77(58)59)84-70-44-53(82-67-28-15-12-23-56(67)62-43-52(81-4)31-37-69(62)82)32-34-64(70)79-65-35-33-54(83-66-27-14-11-22-55(66)61-38-47(46-80)30-36-68(61)83)45-73(65)86-74-40-50(39-71(84)75(74)79)48-18-7-5-8-19-48/h5-45H,1-3H3/i11D,12D,14D,15D,22D,23D,27D,28D,30D,31D,36D,37D,38D,43D. The Morgan fingerprint density at radius 1 is 0.535 bits per heavy atom. The van der Waals surface area contributed by atoms with Crippen molar-refractivity contribution in [2.75, 3.05) is 4.90 Å². The first-order valence-electron chi connectivity index (χ1n) is 35.0. The average Bonchev–Trinajstić information content (AvgIpc) is 1.17. The van der Waals surface area contributed by atoms with Gasteiger partial charge in [-0.2, -0.15) is 5.26 Å². The van der Waals surface area contributed by atoms with E-state index in [0.717, 1.165) is 82.4 Å². The number of hydrogen-bond acceptors (Lipinski definition) is 4. The molecule has 8 heteroatoms. The van der Waals surface area contributed by atoms with Crippen LogP contribution in [-0.4, -0.2) is 15.8 Å². The lowest BCUT2D eigenvalue weighted by Crippen LogP contribution is -2.60. The molecule has 6 nitrogen and oxygen atoms in total. The van der Waals surface area contributed by atoms with Crippen molar-refractivity contribution in [2.24, 2.45) is 0 Å². The van der Waals surface area contributed by atoms with Crippen LogP contribution in [0.3, 0.4) is 0 Å². The van der Waals surface area contributed by atoms with E-state index >= 15 is 0 Å². The molecule has 0 atom stereocenters. The molecule has 0 aliphatic carbocycles. The summed E-state index contributed by atoms with van der Waals surface area (Å²) in [5, 5.41) is 11.8. The van der Waals surface area contributed by atoms with Crippen molar-refractivity contribution in [1.29, 1.82) is 5.26 Å². The summed E-state index contributed by atoms with van der Waals surface area (Å²) < 4.78 is 140. The molecule has 0 unspecified atom stereocenters. The Bertz CT molecular complexity index is 6350. The maximum absolute atomic E-state index is 10.3. The summed E-state index contributed by atoms with van der Waals surface area (Å²) in [5.41, 5.74) is 11.1. The molecule has 2 aliphatic rings. The van der Waals surface area contributed by atoms with Gasteiger partial charge in [0.15, 0.2) is 5.69 Å². The lowest BCUT2D eigenvalue weighted by molar-refractivity contribution is 0.590. The lowest BCUT2D eigenvalue weighted by atomic mass is 9.34. The second-order valence-corrected chi connectivity index (χ2v) is 23.8. The Kier molecular flexibility index (Phi) is 8.22. The SMILES string of the molecule is [2H]c1c([2H])c([2H])c2c(c1[2H])c1c([2H])c(C#N)c([2H])c([2H])c1n2-c1ccc2c(c1)Sc1cc(-c3ccccc3)cc3c1B2c1ccc(-n2c4c([2H])c([2H])c([2H])c([2H])c4c4c([2H])c([N+]#[C-])c([2H])c([2H])c42)cc1N3c1c(-c2ccccc2)cc(C(C)(C)C)cc1-c1cccc2c1oc1ccccc12. The molecule has 17 rings (SSSR count). The summed E-state index contributed by atoms with van der Waals surface area (Å²) in [5.74, 6) is 0. The molecule has 0 saturated heterocycles. The Labute approximate surface area is 521 Å². The van der Waals surface area contributed by atoms with Crippen LogP contribution in [-0.2, 0) is 5.41 Å². The van der Waals surface area contributed by atoms with Gasteiger partial charge in [-0.25, -0.2) is 4.85 Å². The van der Waals surface area contributed by atoms with Gasteiger partial charge < -0.3 is 18.5 Å². The van der Waals surface area contributed by atoms with E-state index in [9.17, 15) is 17.6 Å². The average molecular weight is 1130 g/mol. The van der Waals surface area contributed by atoms with Gasteiger partial charge in [-0.05, 0) is 141 Å². The van der Waals surface area contributed by atoms with Crippen molar-refractivity contribution in [1.82, 2.24) is 9.13 Å². The van der Waals surface area contributed by atoms with Crippen LogP contribution in [0.1, 0.15) is 51.1 Å². The molecule has 0 N–H and O–H groups in total. The van der Waals surface area contributed by atoms with Gasteiger partial charge in [0.2, 0.25) is 6.71 Å². The largest absolute Gasteiger partial charge is 0.455 e. The fourth-order valence-corrected chi connectivity index (χ4v) is 14.2. The van der Waals surface area contributed by atoms with E-state index < -0.39 is 108 Å². The Balaban J connectivity index is 1.04. The van der Waals surface area contributed by atoms with Crippen molar-refractivity contribution >= 4 is 123 Å². The number of nitrogens with zero attached hydrogens (tertiary/aromatic N) is 5. The van der Waals surface area contributed by atoms with Crippen molar-refractivity contribution in [3.05, 3.63) is 271 Å². The van der Waals surface area contributed by atoms with E-state index in [2.05, 4.69) is 79.0 Å². The van der Waals surface area contributed by atoms with Gasteiger partial charge in [0.1, 0.15) is 11.2 Å². The van der Waals surface area contributed by atoms with Crippen LogP contribution in [0.2, 0.25) is 0 Å². The highest BCUT2D eigenvalue weighted by Crippen LogP contribution is 2.53. The van der Waals surface area contributed by atoms with Crippen LogP contribution in [0.15, 0.2) is 263 Å². The maximum Gasteiger partial charge on any atom is 0.249 e. The quantitative estimate of drug-likeness (QED) is 0.123. The Morgan fingerprint density at radius 2 is 1.17 bits per heavy atom. The fourth-order valence-electron chi connectivity index (χ4n) is 13.0. The molecule has 0 amide bonds. The lowest BCUT2D eigenvalue weighted by Gasteiger charge is -2.42. The molecule has 12 aromatic carbocycles. The number of benzene rings is 12. The molecular formula is C78H50BN5OS. The summed E-state index contributed by atoms with van der Waals surface area (Å²) in [6.07, 6.45) is 0. The minimum atomic E-state index is -0.639. The molecule has 0 spiro atoms. The zero-order valence-electron chi connectivity index (χ0n) is 60.2. The minimum Gasteiger partial charge on any atom is -0.455 e. The van der Waals surface area contributed by atoms with Crippen LogP contribution >= 0.6 is 11.8 Å². The number of fused-ring (bicyclic) bond motifs is 13. The molecular weight excluding hydrogens is 1070 g/mol. The molecule has 3 aromatic heterocycles. The molecule has 402 valence electrons. The smallest absolute Gasteiger partial charge is 0.249 e. The van der Waals surface area contributed by atoms with Gasteiger partial charge in [0.25, 0.3) is 0 Å². The Hall–Kier alpha value is -10.8. The number of hydrogen-bond donors (Lipinski definition) is 0. The maximum atomic E-state index is 10.3. The summed E-state index contributed by atoms with van der Waals surface area (Å²) in [7, 11) is 0. The van der Waals surface area contributed by atoms with Crippen LogP contribution in [0.5, 0.6) is 0 Å². The number of rotatable bonds is 6. The molecule has 0 bridgehead atoms. The molecule has 15 aromatic rings. The number of furan rings is 1. The van der Waals surface area contributed by atoms with E-state index in [1.807, 2.05) is 115 Å². The third-order valence-electron chi connectivity index (χ3n) is 16.9. The van der Waals surface area contributed by atoms with E-state index in [1.165, 1.54) is 20.9 Å². The van der Waals surface area contributed by atoms with E-state index in [4.69, 9.17) is 17.8 Å². The summed E-state index contributed by atoms with van der Waals surface area (Å²) in [4.78, 5) is 7.35. The highest BCUT2D eigenvalue weighted by atomic mass is 32.2. The van der Waals surface area contributed by atoms with Gasteiger partial charge in [-0.15, -0.1) is 0 Å². The zero-order chi connectivity index (χ0) is 69.7. The van der Waals surface area contributed by atoms with Gasteiger partial charge in [-0.1, -0.05) is 189 Å². The second kappa shape index (κ2) is 18.9. The summed E-state index contributed by atoms with van der Waals surface area (Å²) >= 11 is 1.49. The first-order valence-corrected chi connectivity index (χ1v) is 28.9. The highest BCUT2D eigenvalue weighted by molar-refractivity contribution is 8.00. The predicted octanol–water partition coefficient (Wildman–Crippen LogP) is 19.3. The normalized spacial score (nSPS) is 15.0. The second-order valence-electron chi connectivity index (χ2n) is 22.7. The third-order valence-corrected chi connectivity index (χ3v) is 18.0. The molecule has 0 radical (unpaired) electrons. The summed E-state index contributed by atoms with van der Waals surface area (Å²) in [6, 6.07) is 49.4. The predicted molar refractivity (Wildman–Crippen MR) is 358 cm³/mol. The van der Waals surface area contributed by atoms with Crippen molar-refractivity contribution in [3.63, 3.8) is 0 Å². The number of aromatic nitrogens is 2. The first kappa shape index (κ1) is 37.4. The van der Waals surface area contributed by atoms with Gasteiger partial charge in [0.05, 0.1) is 62.4 Å². The van der Waals surface area contributed by atoms with Crippen molar-refractivity contribution in [3.8, 4) is 50.8 Å². The topological polar surface area (TPSA) is 54.4 Å². The monoisotopic (exact) mass is 1130 g/mol. The van der Waals surface area contributed by atoms with E-state index in [1.54, 1.807) is 6.07 Å². The molecule has 86 heavy (non-hydrogen) atoms. The summed E-state index contributed by atoms with van der Waals surface area (Å²) in [6.45, 7) is 14.0. The highest BCUT2D eigenvalue weighted by Gasteiger charge is 2.43. The number of para-hydroxylation sites is 4. The van der Waals surface area contributed by atoms with Crippen LogP contribution in [0.4, 0.5) is 22.7 Å². The van der Waals surface area contributed by atoms with Gasteiger partial charge in [-0.3, -0.25) is 0 Å². The zero-order valence-corrected chi connectivity index (χ0v) is 47.0. The third kappa shape index (κ3) is 7.47. The van der Waals surface area contributed by atoms with Gasteiger partial charge >= 0.3 is 0 Å². The van der Waals surface area contributed by atoms with E-state index in [-0.39, 0.29) is 43.6 Å². The molecule has 2 aliphatic heterocycles. The number of nitriles is 1. The molecule has 5 heterocycles. The van der Waals surface area contributed by atoms with Crippen LogP contribution in [0, 0.1) is 17.9 Å². The molecule has 0 fully saturated rings. The number of anilines is 3. The molecule has 0 saturated carbocycles. The van der Waals surface area contributed by atoms with Crippen LogP contribution < -0.4 is 21.3 Å². The minimum absolute atomic E-state index is 0.0366. The van der Waals surface area contributed by atoms with Gasteiger partial charge in [0, 0.05) is 78.9 Å². The fraction of sp³-hybridized carbons (Fsp3) is 0.0513. The first-order chi connectivity index (χ1) is 48.0. The van der Waals surface area contributed by atoms with Crippen molar-refractivity contribution in [2.45, 2.75) is 36.0 Å². The van der Waals surface area contributed by atoms with E-state index in [0.29, 0.717) is 33.1 Å². The Morgan fingerprint density at radius 3 is 1.91 bits per heavy atom. The van der Waals surface area contributed by atoms with Crippen molar-refractivity contribution < 1.29 is 23.6 Å².